The van der Waals surface area contributed by atoms with E-state index in [1.807, 2.05) is 27.7 Å². The van der Waals surface area contributed by atoms with Crippen LogP contribution in [0.15, 0.2) is 4.99 Å². The van der Waals surface area contributed by atoms with Gasteiger partial charge in [0.15, 0.2) is 5.96 Å². The average Bonchev–Trinajstić information content (AvgIpc) is 2.32. The second kappa shape index (κ2) is 11.1. The van der Waals surface area contributed by atoms with Gasteiger partial charge in [0.1, 0.15) is 0 Å². The molecule has 20 heavy (non-hydrogen) atoms. The summed E-state index contributed by atoms with van der Waals surface area (Å²) in [6.07, 6.45) is 0.236. The Bertz CT molecular complexity index is 307. The molecule has 0 amide bonds. The van der Waals surface area contributed by atoms with Gasteiger partial charge in [0.2, 0.25) is 0 Å². The lowest BCUT2D eigenvalue weighted by atomic mass is 10.1. The zero-order chi connectivity index (χ0) is 14.9. The van der Waals surface area contributed by atoms with Crippen molar-refractivity contribution in [2.45, 2.75) is 45.8 Å². The molecule has 0 aromatic carbocycles. The number of nitrogens with one attached hydrogen (secondary N) is 2. The van der Waals surface area contributed by atoms with Crippen LogP contribution in [0.3, 0.4) is 0 Å². The first-order valence-electron chi connectivity index (χ1n) is 6.50. The number of methoxy groups -OCH3 is 1. The van der Waals surface area contributed by atoms with Crippen LogP contribution in [0.5, 0.6) is 0 Å². The van der Waals surface area contributed by atoms with Crippen LogP contribution in [-0.2, 0) is 14.3 Å². The lowest BCUT2D eigenvalue weighted by Crippen LogP contribution is -2.45. The summed E-state index contributed by atoms with van der Waals surface area (Å²) >= 11 is 0. The molecule has 0 aromatic rings. The predicted molar refractivity (Wildman–Crippen MR) is 91.7 cm³/mol. The van der Waals surface area contributed by atoms with Crippen molar-refractivity contribution in [3.8, 4) is 0 Å². The van der Waals surface area contributed by atoms with Crippen molar-refractivity contribution in [3.05, 3.63) is 0 Å². The number of aliphatic imine (C=N–C) groups is 1. The number of rotatable bonds is 7. The Labute approximate surface area is 139 Å². The zero-order valence-electron chi connectivity index (χ0n) is 13.3. The number of carbonyl (C=O) groups is 1. The van der Waals surface area contributed by atoms with E-state index in [1.165, 1.54) is 0 Å². The molecule has 120 valence electrons. The first-order valence-corrected chi connectivity index (χ1v) is 6.50. The molecule has 0 saturated carbocycles. The lowest BCUT2D eigenvalue weighted by molar-refractivity contribution is -0.147. The Morgan fingerprint density at radius 1 is 1.30 bits per heavy atom. The number of esters is 1. The van der Waals surface area contributed by atoms with E-state index in [4.69, 9.17) is 9.47 Å². The molecule has 0 radical (unpaired) electrons. The summed E-state index contributed by atoms with van der Waals surface area (Å²) in [7, 11) is 3.35. The number of guanidine groups is 1. The van der Waals surface area contributed by atoms with Crippen molar-refractivity contribution in [2.24, 2.45) is 4.99 Å². The van der Waals surface area contributed by atoms with Crippen molar-refractivity contribution in [1.82, 2.24) is 10.6 Å². The molecule has 7 heteroatoms. The largest absolute Gasteiger partial charge is 0.463 e. The van der Waals surface area contributed by atoms with E-state index in [-0.39, 0.29) is 41.7 Å². The van der Waals surface area contributed by atoms with Crippen LogP contribution in [0, 0.1) is 0 Å². The number of hydrogen-bond acceptors (Lipinski definition) is 4. The summed E-state index contributed by atoms with van der Waals surface area (Å²) in [4.78, 5) is 15.4. The predicted octanol–water partition coefficient (Wildman–Crippen LogP) is 1.54. The maximum atomic E-state index is 11.3. The molecule has 0 fully saturated rings. The van der Waals surface area contributed by atoms with Crippen LogP contribution in [0.2, 0.25) is 0 Å². The fourth-order valence-corrected chi connectivity index (χ4v) is 1.19. The van der Waals surface area contributed by atoms with Gasteiger partial charge in [-0.25, -0.2) is 0 Å². The van der Waals surface area contributed by atoms with Crippen molar-refractivity contribution >= 4 is 35.9 Å². The summed E-state index contributed by atoms with van der Waals surface area (Å²) in [5.74, 6) is 0.428. The maximum absolute atomic E-state index is 11.3. The van der Waals surface area contributed by atoms with E-state index in [9.17, 15) is 4.79 Å². The molecule has 0 atom stereocenters. The Morgan fingerprint density at radius 3 is 2.35 bits per heavy atom. The average molecular weight is 401 g/mol. The van der Waals surface area contributed by atoms with Gasteiger partial charge in [-0.1, -0.05) is 0 Å². The van der Waals surface area contributed by atoms with E-state index < -0.39 is 0 Å². The van der Waals surface area contributed by atoms with E-state index in [1.54, 1.807) is 14.2 Å². The first kappa shape index (κ1) is 21.7. The highest BCUT2D eigenvalue weighted by Crippen LogP contribution is 2.04. The molecule has 0 heterocycles. The lowest BCUT2D eigenvalue weighted by Gasteiger charge is -2.24. The summed E-state index contributed by atoms with van der Waals surface area (Å²) in [6.45, 7) is 8.73. The van der Waals surface area contributed by atoms with Gasteiger partial charge in [-0.05, 0) is 27.7 Å². The third kappa shape index (κ3) is 11.3. The van der Waals surface area contributed by atoms with E-state index in [0.717, 1.165) is 0 Å². The molecule has 0 saturated heterocycles. The highest BCUT2D eigenvalue weighted by molar-refractivity contribution is 14.0. The molecule has 0 aromatic heterocycles. The molecule has 0 aliphatic heterocycles. The molecular formula is C13H28IN3O3. The first-order chi connectivity index (χ1) is 8.80. The maximum Gasteiger partial charge on any atom is 0.307 e. The van der Waals surface area contributed by atoms with Gasteiger partial charge in [-0.3, -0.25) is 9.79 Å². The molecule has 0 aliphatic rings. The van der Waals surface area contributed by atoms with E-state index in [0.29, 0.717) is 25.5 Å². The third-order valence-electron chi connectivity index (χ3n) is 2.45. The Balaban J connectivity index is 0. The molecule has 2 N–H and O–H groups in total. The van der Waals surface area contributed by atoms with Gasteiger partial charge in [-0.2, -0.15) is 0 Å². The number of ether oxygens (including phenoxy) is 2. The topological polar surface area (TPSA) is 72.0 Å². The minimum Gasteiger partial charge on any atom is -0.463 e. The SMILES string of the molecule is CN=C(NCCC(=O)OC(C)C)NCC(C)(C)OC.I. The standard InChI is InChI=1S/C13H27N3O3.HI/c1-10(2)19-11(17)7-8-15-12(14-5)16-9-13(3,4)18-6;/h10H,7-9H2,1-6H3,(H2,14,15,16);1H. The van der Waals surface area contributed by atoms with Crippen LogP contribution in [0.25, 0.3) is 0 Å². The van der Waals surface area contributed by atoms with E-state index >= 15 is 0 Å². The summed E-state index contributed by atoms with van der Waals surface area (Å²) < 4.78 is 10.3. The fourth-order valence-electron chi connectivity index (χ4n) is 1.19. The van der Waals surface area contributed by atoms with Crippen molar-refractivity contribution in [1.29, 1.82) is 0 Å². The number of halogens is 1. The molecule has 0 aliphatic carbocycles. The Hall–Kier alpha value is -0.570. The smallest absolute Gasteiger partial charge is 0.307 e. The highest BCUT2D eigenvalue weighted by atomic mass is 127. The summed E-state index contributed by atoms with van der Waals surface area (Å²) in [5.41, 5.74) is -0.270. The monoisotopic (exact) mass is 401 g/mol. The summed E-state index contributed by atoms with van der Waals surface area (Å²) in [6, 6.07) is 0. The van der Waals surface area contributed by atoms with Gasteiger partial charge in [0.25, 0.3) is 0 Å². The third-order valence-corrected chi connectivity index (χ3v) is 2.45. The van der Waals surface area contributed by atoms with Crippen molar-refractivity contribution in [2.75, 3.05) is 27.2 Å². The van der Waals surface area contributed by atoms with Gasteiger partial charge >= 0.3 is 5.97 Å². The van der Waals surface area contributed by atoms with Gasteiger partial charge < -0.3 is 20.1 Å². The van der Waals surface area contributed by atoms with Crippen LogP contribution < -0.4 is 10.6 Å². The van der Waals surface area contributed by atoms with Crippen molar-refractivity contribution < 1.29 is 14.3 Å². The Morgan fingerprint density at radius 2 is 1.90 bits per heavy atom. The molecule has 0 unspecified atom stereocenters. The normalized spacial score (nSPS) is 11.8. The second-order valence-corrected chi connectivity index (χ2v) is 5.10. The molecule has 0 rings (SSSR count). The summed E-state index contributed by atoms with van der Waals surface area (Å²) in [5, 5.41) is 6.19. The number of nitrogens with zero attached hydrogens (tertiary/aromatic N) is 1. The van der Waals surface area contributed by atoms with Gasteiger partial charge in [0, 0.05) is 27.2 Å². The molecule has 0 spiro atoms. The van der Waals surface area contributed by atoms with Crippen LogP contribution in [0.1, 0.15) is 34.1 Å². The van der Waals surface area contributed by atoms with Gasteiger partial charge in [-0.15, -0.1) is 24.0 Å². The highest BCUT2D eigenvalue weighted by Gasteiger charge is 2.16. The van der Waals surface area contributed by atoms with Gasteiger partial charge in [0.05, 0.1) is 18.1 Å². The van der Waals surface area contributed by atoms with Crippen LogP contribution >= 0.6 is 24.0 Å². The Kier molecular flexibility index (Phi) is 12.1. The molecule has 6 nitrogen and oxygen atoms in total. The van der Waals surface area contributed by atoms with Crippen LogP contribution in [-0.4, -0.2) is 50.9 Å². The quantitative estimate of drug-likeness (QED) is 0.293. The minimum absolute atomic E-state index is 0. The van der Waals surface area contributed by atoms with E-state index in [2.05, 4.69) is 15.6 Å². The zero-order valence-corrected chi connectivity index (χ0v) is 15.6. The second-order valence-electron chi connectivity index (χ2n) is 5.10. The van der Waals surface area contributed by atoms with Crippen molar-refractivity contribution in [3.63, 3.8) is 0 Å². The molecular weight excluding hydrogens is 373 g/mol. The number of carbonyl (C=O) groups excluding carboxylic acids is 1. The minimum atomic E-state index is -0.270. The van der Waals surface area contributed by atoms with Crippen LogP contribution in [0.4, 0.5) is 0 Å². The number of hydrogen-bond donors (Lipinski definition) is 2. The fraction of sp³-hybridized carbons (Fsp3) is 0.846. The molecule has 0 bridgehead atoms.